The maximum Gasteiger partial charge on any atom is 0.425 e. The van der Waals surface area contributed by atoms with Crippen molar-refractivity contribution in [2.75, 3.05) is 4.72 Å². The number of hydrogen-bond acceptors (Lipinski definition) is 4. The summed E-state index contributed by atoms with van der Waals surface area (Å²) in [6, 6.07) is 9.14. The first-order valence-electron chi connectivity index (χ1n) is 6.05. The minimum Gasteiger partial charge on any atom is -0.279 e. The molecule has 10 heteroatoms. The average Bonchev–Trinajstić information content (AvgIpc) is 2.46. The Morgan fingerprint density at radius 3 is 2.13 bits per heavy atom. The first-order valence-corrected chi connectivity index (χ1v) is 7.54. The van der Waals surface area contributed by atoms with Gasteiger partial charge in [0.05, 0.1) is 15.5 Å². The lowest BCUT2D eigenvalue weighted by molar-refractivity contribution is -0.387. The second kappa shape index (κ2) is 5.88. The van der Waals surface area contributed by atoms with Gasteiger partial charge in [-0.15, -0.1) is 0 Å². The van der Waals surface area contributed by atoms with E-state index in [9.17, 15) is 31.7 Å². The quantitative estimate of drug-likeness (QED) is 0.678. The zero-order chi connectivity index (χ0) is 17.3. The van der Waals surface area contributed by atoms with Crippen LogP contribution in [0.4, 0.5) is 24.5 Å². The van der Waals surface area contributed by atoms with Crippen molar-refractivity contribution in [1.29, 1.82) is 0 Å². The lowest BCUT2D eigenvalue weighted by Gasteiger charge is -2.14. The van der Waals surface area contributed by atoms with Gasteiger partial charge in [0, 0.05) is 6.07 Å². The Kier molecular flexibility index (Phi) is 4.28. The summed E-state index contributed by atoms with van der Waals surface area (Å²) in [5.74, 6) is 0. The Morgan fingerprint density at radius 2 is 1.61 bits per heavy atom. The summed E-state index contributed by atoms with van der Waals surface area (Å²) in [5.41, 5.74) is -3.79. The van der Waals surface area contributed by atoms with Gasteiger partial charge in [0.2, 0.25) is 0 Å². The Bertz CT molecular complexity index is 836. The van der Waals surface area contributed by atoms with Crippen LogP contribution in [0, 0.1) is 10.1 Å². The molecule has 0 aliphatic carbocycles. The van der Waals surface area contributed by atoms with Crippen LogP contribution in [-0.2, 0) is 16.2 Å². The molecule has 0 aromatic heterocycles. The van der Waals surface area contributed by atoms with E-state index in [4.69, 9.17) is 0 Å². The molecule has 0 spiro atoms. The minimum atomic E-state index is -5.10. The summed E-state index contributed by atoms with van der Waals surface area (Å²) in [4.78, 5) is 9.30. The van der Waals surface area contributed by atoms with E-state index in [1.807, 2.05) is 0 Å². The molecule has 0 aliphatic heterocycles. The van der Waals surface area contributed by atoms with Gasteiger partial charge in [-0.05, 0) is 18.2 Å². The molecule has 0 saturated carbocycles. The molecule has 0 atom stereocenters. The zero-order valence-corrected chi connectivity index (χ0v) is 12.1. The van der Waals surface area contributed by atoms with Gasteiger partial charge in [0.1, 0.15) is 0 Å². The fourth-order valence-corrected chi connectivity index (χ4v) is 2.97. The van der Waals surface area contributed by atoms with Gasteiger partial charge in [-0.2, -0.15) is 13.2 Å². The molecule has 6 nitrogen and oxygen atoms in total. The SMILES string of the molecule is O=[N+]([O-])c1cccc(NS(=O)(=O)c2ccccc2)c1C(F)(F)F. The molecule has 0 bridgehead atoms. The number of nitrogens with zero attached hydrogens (tertiary/aromatic N) is 1. The third-order valence-corrected chi connectivity index (χ3v) is 4.20. The molecule has 0 aliphatic rings. The summed E-state index contributed by atoms with van der Waals surface area (Å²) in [6.07, 6.45) is -5.10. The van der Waals surface area contributed by atoms with Crippen molar-refractivity contribution < 1.29 is 26.5 Å². The van der Waals surface area contributed by atoms with E-state index in [2.05, 4.69) is 0 Å². The van der Waals surface area contributed by atoms with Gasteiger partial charge in [-0.25, -0.2) is 8.42 Å². The summed E-state index contributed by atoms with van der Waals surface area (Å²) in [5, 5.41) is 10.8. The first-order chi connectivity index (χ1) is 10.6. The normalized spacial score (nSPS) is 12.0. The summed E-state index contributed by atoms with van der Waals surface area (Å²) >= 11 is 0. The number of alkyl halides is 3. The number of anilines is 1. The van der Waals surface area contributed by atoms with E-state index in [0.29, 0.717) is 6.07 Å². The van der Waals surface area contributed by atoms with Crippen molar-refractivity contribution in [3.8, 4) is 0 Å². The molecule has 0 saturated heterocycles. The highest BCUT2D eigenvalue weighted by atomic mass is 32.2. The second-order valence-corrected chi connectivity index (χ2v) is 6.06. The molecule has 2 rings (SSSR count). The smallest absolute Gasteiger partial charge is 0.279 e. The number of nitro benzene ring substituents is 1. The fourth-order valence-electron chi connectivity index (χ4n) is 1.88. The Hall–Kier alpha value is -2.62. The largest absolute Gasteiger partial charge is 0.425 e. The summed E-state index contributed by atoms with van der Waals surface area (Å²) in [7, 11) is -4.31. The van der Waals surface area contributed by atoms with Crippen LogP contribution in [0.25, 0.3) is 0 Å². The molecule has 0 amide bonds. The van der Waals surface area contributed by atoms with Crippen LogP contribution in [0.3, 0.4) is 0 Å². The topological polar surface area (TPSA) is 89.3 Å². The van der Waals surface area contributed by atoms with Gasteiger partial charge >= 0.3 is 6.18 Å². The van der Waals surface area contributed by atoms with Crippen LogP contribution in [0.1, 0.15) is 5.56 Å². The average molecular weight is 346 g/mol. The van der Waals surface area contributed by atoms with Crippen LogP contribution >= 0.6 is 0 Å². The molecule has 2 aromatic carbocycles. The third kappa shape index (κ3) is 3.59. The lowest BCUT2D eigenvalue weighted by atomic mass is 10.1. The number of nitrogens with one attached hydrogen (secondary N) is 1. The highest BCUT2D eigenvalue weighted by Gasteiger charge is 2.41. The third-order valence-electron chi connectivity index (χ3n) is 2.82. The number of benzene rings is 2. The summed E-state index contributed by atoms with van der Waals surface area (Å²) < 4.78 is 65.3. The van der Waals surface area contributed by atoms with Crippen LogP contribution < -0.4 is 4.72 Å². The fraction of sp³-hybridized carbons (Fsp3) is 0.0769. The Balaban J connectivity index is 2.57. The van der Waals surface area contributed by atoms with Crippen LogP contribution in [0.5, 0.6) is 0 Å². The zero-order valence-electron chi connectivity index (χ0n) is 11.2. The first kappa shape index (κ1) is 16.7. The highest BCUT2D eigenvalue weighted by Crippen LogP contribution is 2.41. The molecule has 1 N–H and O–H groups in total. The Labute approximate surface area is 128 Å². The lowest BCUT2D eigenvalue weighted by Crippen LogP contribution is -2.18. The van der Waals surface area contributed by atoms with Crippen molar-refractivity contribution in [3.63, 3.8) is 0 Å². The molecular formula is C13H9F3N2O4S. The van der Waals surface area contributed by atoms with E-state index < -0.39 is 38.1 Å². The van der Waals surface area contributed by atoms with E-state index in [1.165, 1.54) is 30.3 Å². The molecule has 122 valence electrons. The Morgan fingerprint density at radius 1 is 1.00 bits per heavy atom. The highest BCUT2D eigenvalue weighted by molar-refractivity contribution is 7.92. The number of halogens is 3. The van der Waals surface area contributed by atoms with Crippen LogP contribution in [0.15, 0.2) is 53.4 Å². The van der Waals surface area contributed by atoms with Crippen molar-refractivity contribution >= 4 is 21.4 Å². The van der Waals surface area contributed by atoms with Gasteiger partial charge in [0.25, 0.3) is 15.7 Å². The monoisotopic (exact) mass is 346 g/mol. The summed E-state index contributed by atoms with van der Waals surface area (Å²) in [6.45, 7) is 0. The number of sulfonamides is 1. The maximum absolute atomic E-state index is 13.1. The van der Waals surface area contributed by atoms with E-state index in [0.717, 1.165) is 12.1 Å². The predicted octanol–water partition coefficient (Wildman–Crippen LogP) is 3.41. The molecule has 0 fully saturated rings. The van der Waals surface area contributed by atoms with Gasteiger partial charge < -0.3 is 0 Å². The van der Waals surface area contributed by atoms with Crippen molar-refractivity contribution in [3.05, 3.63) is 64.2 Å². The molecule has 2 aromatic rings. The van der Waals surface area contributed by atoms with E-state index >= 15 is 0 Å². The molecule has 0 heterocycles. The standard InChI is InChI=1S/C13H9F3N2O4S/c14-13(15,16)12-10(7-4-8-11(12)18(19)20)17-23(21,22)9-5-2-1-3-6-9/h1-8,17H. The van der Waals surface area contributed by atoms with Gasteiger partial charge in [-0.1, -0.05) is 24.3 Å². The van der Waals surface area contributed by atoms with Gasteiger partial charge in [0.15, 0.2) is 5.56 Å². The van der Waals surface area contributed by atoms with Crippen molar-refractivity contribution in [1.82, 2.24) is 0 Å². The molecule has 0 radical (unpaired) electrons. The molecule has 0 unspecified atom stereocenters. The molecule has 23 heavy (non-hydrogen) atoms. The number of hydrogen-bond donors (Lipinski definition) is 1. The minimum absolute atomic E-state index is 0.264. The van der Waals surface area contributed by atoms with E-state index in [-0.39, 0.29) is 4.90 Å². The predicted molar refractivity (Wildman–Crippen MR) is 75.3 cm³/mol. The maximum atomic E-state index is 13.1. The second-order valence-electron chi connectivity index (χ2n) is 4.37. The number of rotatable bonds is 4. The number of nitro groups is 1. The van der Waals surface area contributed by atoms with Crippen molar-refractivity contribution in [2.45, 2.75) is 11.1 Å². The van der Waals surface area contributed by atoms with Gasteiger partial charge in [-0.3, -0.25) is 14.8 Å². The van der Waals surface area contributed by atoms with Crippen molar-refractivity contribution in [2.24, 2.45) is 0 Å². The van der Waals surface area contributed by atoms with Crippen LogP contribution in [-0.4, -0.2) is 13.3 Å². The van der Waals surface area contributed by atoms with Crippen LogP contribution in [0.2, 0.25) is 0 Å². The molecular weight excluding hydrogens is 337 g/mol. The van der Waals surface area contributed by atoms with E-state index in [1.54, 1.807) is 4.72 Å².